The number of nitrogens with zero attached hydrogens (tertiary/aromatic N) is 3. The van der Waals surface area contributed by atoms with Crippen LogP contribution in [0, 0.1) is 10.5 Å². The van der Waals surface area contributed by atoms with Gasteiger partial charge < -0.3 is 5.32 Å². The van der Waals surface area contributed by atoms with E-state index in [2.05, 4.69) is 71.2 Å². The molecule has 2 aromatic heterocycles. The van der Waals surface area contributed by atoms with E-state index < -0.39 is 0 Å². The highest BCUT2D eigenvalue weighted by Gasteiger charge is 2.16. The van der Waals surface area contributed by atoms with Gasteiger partial charge >= 0.3 is 0 Å². The highest BCUT2D eigenvalue weighted by atomic mass is 127. The van der Waals surface area contributed by atoms with Crippen molar-refractivity contribution in [1.29, 1.82) is 0 Å². The SMILES string of the molecule is Cc1ccc(-c2nn3c4cc(NC(=O)c5ccccc5I)ccc4nc3c3ccccc23)cc1. The van der Waals surface area contributed by atoms with Gasteiger partial charge in [0.25, 0.3) is 5.91 Å². The Morgan fingerprint density at radius 3 is 2.41 bits per heavy atom. The van der Waals surface area contributed by atoms with Gasteiger partial charge in [-0.3, -0.25) is 4.79 Å². The third-order valence-corrected chi connectivity index (χ3v) is 6.90. The lowest BCUT2D eigenvalue weighted by Crippen LogP contribution is -2.13. The average Bonchev–Trinajstić information content (AvgIpc) is 3.22. The van der Waals surface area contributed by atoms with Crippen LogP contribution in [-0.4, -0.2) is 20.5 Å². The fraction of sp³-hybridized carbons (Fsp3) is 0.0357. The molecule has 1 N–H and O–H groups in total. The molecule has 2 heterocycles. The van der Waals surface area contributed by atoms with E-state index in [1.165, 1.54) is 5.56 Å². The molecule has 0 fully saturated rings. The van der Waals surface area contributed by atoms with Crippen LogP contribution in [0.25, 0.3) is 38.7 Å². The average molecular weight is 554 g/mol. The molecule has 5 nitrogen and oxygen atoms in total. The van der Waals surface area contributed by atoms with Crippen molar-refractivity contribution in [2.75, 3.05) is 5.32 Å². The molecule has 34 heavy (non-hydrogen) atoms. The highest BCUT2D eigenvalue weighted by molar-refractivity contribution is 14.1. The normalized spacial score (nSPS) is 11.4. The summed E-state index contributed by atoms with van der Waals surface area (Å²) in [4.78, 5) is 17.7. The van der Waals surface area contributed by atoms with Crippen LogP contribution in [-0.2, 0) is 0 Å². The molecule has 6 aromatic rings. The number of anilines is 1. The number of carbonyl (C=O) groups is 1. The maximum Gasteiger partial charge on any atom is 0.256 e. The van der Waals surface area contributed by atoms with E-state index in [0.29, 0.717) is 11.3 Å². The quantitative estimate of drug-likeness (QED) is 0.243. The number of imidazole rings is 1. The third kappa shape index (κ3) is 3.51. The molecule has 0 spiro atoms. The van der Waals surface area contributed by atoms with Crippen LogP contribution in [0.1, 0.15) is 15.9 Å². The minimum atomic E-state index is -0.142. The molecule has 0 unspecified atom stereocenters. The summed E-state index contributed by atoms with van der Waals surface area (Å²) < 4.78 is 2.79. The fourth-order valence-corrected chi connectivity index (χ4v) is 4.86. The van der Waals surface area contributed by atoms with Crippen LogP contribution < -0.4 is 5.32 Å². The first-order chi connectivity index (χ1) is 16.6. The number of hydrogen-bond donors (Lipinski definition) is 1. The maximum absolute atomic E-state index is 12.9. The zero-order valence-electron chi connectivity index (χ0n) is 18.3. The van der Waals surface area contributed by atoms with Gasteiger partial charge in [-0.2, -0.15) is 5.10 Å². The molecule has 0 aliphatic carbocycles. The Bertz CT molecular complexity index is 1720. The van der Waals surface area contributed by atoms with E-state index in [0.717, 1.165) is 42.3 Å². The molecule has 0 saturated carbocycles. The minimum absolute atomic E-state index is 0.142. The molecule has 0 atom stereocenters. The maximum atomic E-state index is 12.9. The number of aromatic nitrogens is 3. The summed E-state index contributed by atoms with van der Waals surface area (Å²) in [5.41, 5.74) is 6.96. The van der Waals surface area contributed by atoms with Crippen LogP contribution in [0.2, 0.25) is 0 Å². The van der Waals surface area contributed by atoms with Crippen molar-refractivity contribution in [3.8, 4) is 11.3 Å². The fourth-order valence-electron chi connectivity index (χ4n) is 4.22. The van der Waals surface area contributed by atoms with Crippen molar-refractivity contribution in [3.63, 3.8) is 0 Å². The lowest BCUT2D eigenvalue weighted by atomic mass is 10.0. The van der Waals surface area contributed by atoms with E-state index in [9.17, 15) is 4.79 Å². The summed E-state index contributed by atoms with van der Waals surface area (Å²) in [7, 11) is 0. The number of aryl methyl sites for hydroxylation is 1. The van der Waals surface area contributed by atoms with E-state index in [4.69, 9.17) is 10.1 Å². The van der Waals surface area contributed by atoms with Gasteiger partial charge in [-0.1, -0.05) is 66.2 Å². The lowest BCUT2D eigenvalue weighted by Gasteiger charge is -2.09. The monoisotopic (exact) mass is 554 g/mol. The van der Waals surface area contributed by atoms with Gasteiger partial charge in [-0.05, 0) is 59.8 Å². The first-order valence-corrected chi connectivity index (χ1v) is 12.0. The zero-order chi connectivity index (χ0) is 23.2. The number of fused-ring (bicyclic) bond motifs is 5. The first kappa shape index (κ1) is 20.8. The first-order valence-electron chi connectivity index (χ1n) is 10.9. The Labute approximate surface area is 209 Å². The van der Waals surface area contributed by atoms with Gasteiger partial charge in [-0.25, -0.2) is 9.50 Å². The number of halogens is 1. The second-order valence-electron chi connectivity index (χ2n) is 8.24. The number of carbonyl (C=O) groups excluding carboxylic acids is 1. The number of nitrogens with one attached hydrogen (secondary N) is 1. The summed E-state index contributed by atoms with van der Waals surface area (Å²) in [6.07, 6.45) is 0. The second-order valence-corrected chi connectivity index (χ2v) is 9.41. The summed E-state index contributed by atoms with van der Waals surface area (Å²) in [5.74, 6) is -0.142. The topological polar surface area (TPSA) is 59.3 Å². The molecule has 0 aliphatic heterocycles. The van der Waals surface area contributed by atoms with E-state index in [1.807, 2.05) is 59.1 Å². The zero-order valence-corrected chi connectivity index (χ0v) is 20.4. The summed E-state index contributed by atoms with van der Waals surface area (Å²) >= 11 is 2.18. The van der Waals surface area contributed by atoms with Crippen molar-refractivity contribution in [2.45, 2.75) is 6.92 Å². The van der Waals surface area contributed by atoms with Crippen molar-refractivity contribution in [2.24, 2.45) is 0 Å². The van der Waals surface area contributed by atoms with Gasteiger partial charge in [-0.15, -0.1) is 0 Å². The number of benzene rings is 4. The van der Waals surface area contributed by atoms with E-state index in [-0.39, 0.29) is 5.91 Å². The smallest absolute Gasteiger partial charge is 0.256 e. The van der Waals surface area contributed by atoms with Gasteiger partial charge in [0, 0.05) is 25.6 Å². The number of amides is 1. The van der Waals surface area contributed by atoms with E-state index >= 15 is 0 Å². The number of rotatable bonds is 3. The molecular weight excluding hydrogens is 535 g/mol. The van der Waals surface area contributed by atoms with Gasteiger partial charge in [0.15, 0.2) is 5.65 Å². The van der Waals surface area contributed by atoms with Crippen molar-refractivity contribution in [3.05, 3.63) is 106 Å². The van der Waals surface area contributed by atoms with Crippen LogP contribution in [0.15, 0.2) is 91.0 Å². The predicted octanol–water partition coefficient (Wildman–Crippen LogP) is 6.87. The molecule has 164 valence electrons. The molecule has 6 rings (SSSR count). The van der Waals surface area contributed by atoms with Crippen LogP contribution >= 0.6 is 22.6 Å². The largest absolute Gasteiger partial charge is 0.322 e. The molecule has 0 radical (unpaired) electrons. The minimum Gasteiger partial charge on any atom is -0.322 e. The molecule has 0 bridgehead atoms. The van der Waals surface area contributed by atoms with Crippen molar-refractivity contribution in [1.82, 2.24) is 14.6 Å². The van der Waals surface area contributed by atoms with Crippen LogP contribution in [0.4, 0.5) is 5.69 Å². The Morgan fingerprint density at radius 1 is 0.882 bits per heavy atom. The molecule has 0 saturated heterocycles. The summed E-state index contributed by atoms with van der Waals surface area (Å²) in [5, 5.41) is 10.1. The Morgan fingerprint density at radius 2 is 1.62 bits per heavy atom. The Balaban J connectivity index is 1.53. The molecule has 4 aromatic carbocycles. The summed E-state index contributed by atoms with van der Waals surface area (Å²) in [6.45, 7) is 2.08. The standard InChI is InChI=1S/C28H19IN4O/c1-17-10-12-18(13-11-17)26-20-6-2-3-7-21(20)27-31-24-15-14-19(16-25(24)33(27)32-26)30-28(34)22-8-4-5-9-23(22)29/h2-16H,1H3,(H,30,34). The second kappa shape index (κ2) is 8.22. The van der Waals surface area contributed by atoms with Gasteiger partial charge in [0.05, 0.1) is 22.3 Å². The lowest BCUT2D eigenvalue weighted by molar-refractivity contribution is 0.102. The Kier molecular flexibility index (Phi) is 5.03. The molecule has 6 heteroatoms. The number of hydrogen-bond acceptors (Lipinski definition) is 3. The molecule has 1 amide bonds. The van der Waals surface area contributed by atoms with Crippen molar-refractivity contribution < 1.29 is 4.79 Å². The van der Waals surface area contributed by atoms with Crippen molar-refractivity contribution >= 4 is 61.6 Å². The highest BCUT2D eigenvalue weighted by Crippen LogP contribution is 2.31. The summed E-state index contributed by atoms with van der Waals surface area (Å²) in [6, 6.07) is 29.9. The predicted molar refractivity (Wildman–Crippen MR) is 145 cm³/mol. The third-order valence-electron chi connectivity index (χ3n) is 5.96. The van der Waals surface area contributed by atoms with Gasteiger partial charge in [0.1, 0.15) is 0 Å². The van der Waals surface area contributed by atoms with Crippen LogP contribution in [0.5, 0.6) is 0 Å². The molecular formula is C28H19IN4O. The van der Waals surface area contributed by atoms with E-state index in [1.54, 1.807) is 0 Å². The molecule has 0 aliphatic rings. The van der Waals surface area contributed by atoms with Gasteiger partial charge in [0.2, 0.25) is 0 Å². The Hall–Kier alpha value is -3.78. The van der Waals surface area contributed by atoms with Crippen LogP contribution in [0.3, 0.4) is 0 Å².